The standard InChI is InChI=1S/C16H26N2O2/c1-13-5-6-16(20-2)14(10-13)11-18(8-9-19)12-15-4-3-7-17-15/h5-6,10,15,17,19H,3-4,7-9,11-12H2,1-2H3. The van der Waals surface area contributed by atoms with Crippen molar-refractivity contribution < 1.29 is 9.84 Å². The van der Waals surface area contributed by atoms with Crippen LogP contribution in [0.3, 0.4) is 0 Å². The van der Waals surface area contributed by atoms with Crippen LogP contribution >= 0.6 is 0 Å². The van der Waals surface area contributed by atoms with Crippen LogP contribution < -0.4 is 10.1 Å². The lowest BCUT2D eigenvalue weighted by atomic mass is 10.1. The Morgan fingerprint density at radius 1 is 1.45 bits per heavy atom. The van der Waals surface area contributed by atoms with Crippen molar-refractivity contribution in [2.45, 2.75) is 32.4 Å². The van der Waals surface area contributed by atoms with E-state index >= 15 is 0 Å². The molecule has 0 aliphatic carbocycles. The highest BCUT2D eigenvalue weighted by molar-refractivity contribution is 5.36. The highest BCUT2D eigenvalue weighted by atomic mass is 16.5. The van der Waals surface area contributed by atoms with Gasteiger partial charge in [0, 0.05) is 31.2 Å². The minimum absolute atomic E-state index is 0.195. The second-order valence-corrected chi connectivity index (χ2v) is 5.57. The van der Waals surface area contributed by atoms with Crippen LogP contribution in [0.1, 0.15) is 24.0 Å². The molecule has 2 N–H and O–H groups in total. The fourth-order valence-corrected chi connectivity index (χ4v) is 2.87. The Balaban J connectivity index is 2.04. The molecule has 1 aliphatic rings. The summed E-state index contributed by atoms with van der Waals surface area (Å²) in [4.78, 5) is 2.31. The van der Waals surface area contributed by atoms with E-state index in [2.05, 4.69) is 29.3 Å². The van der Waals surface area contributed by atoms with E-state index in [0.29, 0.717) is 12.6 Å². The Hall–Kier alpha value is -1.10. The molecule has 1 heterocycles. The topological polar surface area (TPSA) is 44.7 Å². The molecule has 1 saturated heterocycles. The lowest BCUT2D eigenvalue weighted by molar-refractivity contribution is 0.177. The number of methoxy groups -OCH3 is 1. The van der Waals surface area contributed by atoms with Crippen LogP contribution in [0, 0.1) is 6.92 Å². The van der Waals surface area contributed by atoms with Crippen molar-refractivity contribution in [3.05, 3.63) is 29.3 Å². The minimum atomic E-state index is 0.195. The van der Waals surface area contributed by atoms with Crippen LogP contribution in [-0.4, -0.2) is 49.4 Å². The van der Waals surface area contributed by atoms with Gasteiger partial charge in [0.05, 0.1) is 13.7 Å². The summed E-state index contributed by atoms with van der Waals surface area (Å²) >= 11 is 0. The van der Waals surface area contributed by atoms with Crippen molar-refractivity contribution >= 4 is 0 Å². The normalized spacial score (nSPS) is 18.7. The van der Waals surface area contributed by atoms with Gasteiger partial charge in [0.25, 0.3) is 0 Å². The van der Waals surface area contributed by atoms with Crippen molar-refractivity contribution in [1.29, 1.82) is 0 Å². The van der Waals surface area contributed by atoms with Crippen LogP contribution in [0.4, 0.5) is 0 Å². The predicted molar refractivity (Wildman–Crippen MR) is 81.1 cm³/mol. The molecule has 0 saturated carbocycles. The van der Waals surface area contributed by atoms with Crippen molar-refractivity contribution in [2.75, 3.05) is 33.4 Å². The van der Waals surface area contributed by atoms with Crippen LogP contribution in [0.15, 0.2) is 18.2 Å². The maximum absolute atomic E-state index is 9.28. The van der Waals surface area contributed by atoms with E-state index in [9.17, 15) is 5.11 Å². The summed E-state index contributed by atoms with van der Waals surface area (Å²) < 4.78 is 5.44. The lowest BCUT2D eigenvalue weighted by Gasteiger charge is -2.25. The van der Waals surface area contributed by atoms with Crippen molar-refractivity contribution in [1.82, 2.24) is 10.2 Å². The Kier molecular flexibility index (Phi) is 5.83. The maximum atomic E-state index is 9.28. The van der Waals surface area contributed by atoms with E-state index in [-0.39, 0.29) is 6.61 Å². The van der Waals surface area contributed by atoms with Crippen LogP contribution in [0.5, 0.6) is 5.75 Å². The van der Waals surface area contributed by atoms with Gasteiger partial charge in [-0.1, -0.05) is 17.7 Å². The van der Waals surface area contributed by atoms with Crippen molar-refractivity contribution in [3.63, 3.8) is 0 Å². The van der Waals surface area contributed by atoms with Gasteiger partial charge in [0.15, 0.2) is 0 Å². The first kappa shape index (κ1) is 15.3. The molecule has 0 amide bonds. The Bertz CT molecular complexity index is 417. The summed E-state index contributed by atoms with van der Waals surface area (Å²) in [6.07, 6.45) is 2.48. The summed E-state index contributed by atoms with van der Waals surface area (Å²) in [5.41, 5.74) is 2.43. The van der Waals surface area contributed by atoms with E-state index in [1.807, 2.05) is 6.07 Å². The largest absolute Gasteiger partial charge is 0.496 e. The molecule has 112 valence electrons. The van der Waals surface area contributed by atoms with Crippen LogP contribution in [-0.2, 0) is 6.54 Å². The molecule has 0 spiro atoms. The number of hydrogen-bond acceptors (Lipinski definition) is 4. The Labute approximate surface area is 121 Å². The Morgan fingerprint density at radius 3 is 2.95 bits per heavy atom. The number of rotatable bonds is 7. The zero-order valence-corrected chi connectivity index (χ0v) is 12.6. The van der Waals surface area contributed by atoms with E-state index in [1.54, 1.807) is 7.11 Å². The number of nitrogens with zero attached hydrogens (tertiary/aromatic N) is 1. The highest BCUT2D eigenvalue weighted by Crippen LogP contribution is 2.22. The molecule has 4 nitrogen and oxygen atoms in total. The fourth-order valence-electron chi connectivity index (χ4n) is 2.87. The van der Waals surface area contributed by atoms with Gasteiger partial charge in [-0.15, -0.1) is 0 Å². The summed E-state index contributed by atoms with van der Waals surface area (Å²) in [5, 5.41) is 12.8. The second kappa shape index (κ2) is 7.62. The first-order valence-electron chi connectivity index (χ1n) is 7.43. The smallest absolute Gasteiger partial charge is 0.123 e. The molecule has 20 heavy (non-hydrogen) atoms. The molecule has 1 aromatic rings. The minimum Gasteiger partial charge on any atom is -0.496 e. The van der Waals surface area contributed by atoms with Gasteiger partial charge in [-0.25, -0.2) is 0 Å². The maximum Gasteiger partial charge on any atom is 0.123 e. The fraction of sp³-hybridized carbons (Fsp3) is 0.625. The molecule has 0 bridgehead atoms. The molecular formula is C16H26N2O2. The third-order valence-corrected chi connectivity index (χ3v) is 3.89. The van der Waals surface area contributed by atoms with E-state index in [1.165, 1.54) is 24.0 Å². The molecule has 2 rings (SSSR count). The molecule has 1 aromatic carbocycles. The van der Waals surface area contributed by atoms with Gasteiger partial charge in [-0.2, -0.15) is 0 Å². The molecule has 0 radical (unpaired) electrons. The molecule has 1 aliphatic heterocycles. The number of aryl methyl sites for hydroxylation is 1. The van der Waals surface area contributed by atoms with Gasteiger partial charge in [0.1, 0.15) is 5.75 Å². The summed E-state index contributed by atoms with van der Waals surface area (Å²) in [6.45, 7) is 5.92. The monoisotopic (exact) mass is 278 g/mol. The predicted octanol–water partition coefficient (Wildman–Crippen LogP) is 1.55. The molecule has 1 unspecified atom stereocenters. The van der Waals surface area contributed by atoms with Gasteiger partial charge in [-0.05, 0) is 32.4 Å². The van der Waals surface area contributed by atoms with Gasteiger partial charge >= 0.3 is 0 Å². The summed E-state index contributed by atoms with van der Waals surface area (Å²) in [7, 11) is 1.71. The molecule has 0 aromatic heterocycles. The zero-order chi connectivity index (χ0) is 14.4. The molecule has 1 atom stereocenters. The lowest BCUT2D eigenvalue weighted by Crippen LogP contribution is -2.38. The molecular weight excluding hydrogens is 252 g/mol. The number of aliphatic hydroxyl groups excluding tert-OH is 1. The number of nitrogens with one attached hydrogen (secondary N) is 1. The quantitative estimate of drug-likeness (QED) is 0.794. The molecule has 1 fully saturated rings. The molecule has 4 heteroatoms. The third kappa shape index (κ3) is 4.20. The average molecular weight is 278 g/mol. The van der Waals surface area contributed by atoms with Gasteiger partial charge in [0.2, 0.25) is 0 Å². The first-order valence-corrected chi connectivity index (χ1v) is 7.43. The summed E-state index contributed by atoms with van der Waals surface area (Å²) in [6, 6.07) is 6.82. The zero-order valence-electron chi connectivity index (χ0n) is 12.6. The number of aliphatic hydroxyl groups is 1. The van der Waals surface area contributed by atoms with E-state index in [4.69, 9.17) is 4.74 Å². The first-order chi connectivity index (χ1) is 9.72. The SMILES string of the molecule is COc1ccc(C)cc1CN(CCO)CC1CCCN1. The number of ether oxygens (including phenoxy) is 1. The van der Waals surface area contributed by atoms with Crippen molar-refractivity contribution in [2.24, 2.45) is 0 Å². The number of hydrogen-bond donors (Lipinski definition) is 2. The highest BCUT2D eigenvalue weighted by Gasteiger charge is 2.18. The number of benzene rings is 1. The van der Waals surface area contributed by atoms with Crippen molar-refractivity contribution in [3.8, 4) is 5.75 Å². The Morgan fingerprint density at radius 2 is 2.30 bits per heavy atom. The van der Waals surface area contributed by atoms with E-state index in [0.717, 1.165) is 25.4 Å². The van der Waals surface area contributed by atoms with Gasteiger partial charge in [-0.3, -0.25) is 4.90 Å². The summed E-state index contributed by atoms with van der Waals surface area (Å²) in [5.74, 6) is 0.929. The third-order valence-electron chi connectivity index (χ3n) is 3.89. The second-order valence-electron chi connectivity index (χ2n) is 5.57. The van der Waals surface area contributed by atoms with Gasteiger partial charge < -0.3 is 15.2 Å². The van der Waals surface area contributed by atoms with Crippen LogP contribution in [0.2, 0.25) is 0 Å². The van der Waals surface area contributed by atoms with Crippen LogP contribution in [0.25, 0.3) is 0 Å². The average Bonchev–Trinajstić information content (AvgIpc) is 2.92. The van der Waals surface area contributed by atoms with E-state index < -0.39 is 0 Å².